The smallest absolute Gasteiger partial charge is 0.241 e. The Bertz CT molecular complexity index is 697. The lowest BCUT2D eigenvalue weighted by Crippen LogP contribution is -2.24. The second-order valence-electron chi connectivity index (χ2n) is 4.63. The van der Waals surface area contributed by atoms with Crippen molar-refractivity contribution in [3.63, 3.8) is 0 Å². The monoisotopic (exact) mass is 290 g/mol. The Morgan fingerprint density at radius 1 is 1.10 bits per heavy atom. The van der Waals surface area contributed by atoms with Crippen LogP contribution in [0.2, 0.25) is 0 Å². The molecule has 0 bridgehead atoms. The van der Waals surface area contributed by atoms with Gasteiger partial charge >= 0.3 is 0 Å². The lowest BCUT2D eigenvalue weighted by atomic mass is 10.1. The van der Waals surface area contributed by atoms with E-state index in [-0.39, 0.29) is 18.0 Å². The highest BCUT2D eigenvalue weighted by atomic mass is 32.2. The van der Waals surface area contributed by atoms with Gasteiger partial charge < -0.3 is 5.73 Å². The molecule has 0 radical (unpaired) electrons. The topological polar surface area (TPSA) is 72.2 Å². The molecule has 20 heavy (non-hydrogen) atoms. The van der Waals surface area contributed by atoms with Crippen molar-refractivity contribution in [2.75, 3.05) is 0 Å². The Balaban J connectivity index is 2.19. The maximum Gasteiger partial charge on any atom is 0.241 e. The van der Waals surface area contributed by atoms with E-state index in [0.717, 1.165) is 11.1 Å². The second kappa shape index (κ2) is 6.17. The van der Waals surface area contributed by atoms with Gasteiger partial charge in [0.2, 0.25) is 10.0 Å². The summed E-state index contributed by atoms with van der Waals surface area (Å²) < 4.78 is 27.2. The first-order valence-corrected chi connectivity index (χ1v) is 7.84. The van der Waals surface area contributed by atoms with Gasteiger partial charge in [0.1, 0.15) is 0 Å². The van der Waals surface area contributed by atoms with Crippen LogP contribution in [0.15, 0.2) is 53.4 Å². The van der Waals surface area contributed by atoms with Crippen LogP contribution in [0.25, 0.3) is 0 Å². The highest BCUT2D eigenvalue weighted by Crippen LogP contribution is 2.15. The Hall–Kier alpha value is -1.69. The highest BCUT2D eigenvalue weighted by Gasteiger charge is 2.16. The predicted octanol–water partition coefficient (Wildman–Crippen LogP) is 1.93. The summed E-state index contributed by atoms with van der Waals surface area (Å²) in [5.74, 6) is 0. The molecule has 2 rings (SSSR count). The molecule has 0 aliphatic carbocycles. The van der Waals surface area contributed by atoms with Gasteiger partial charge in [0, 0.05) is 13.1 Å². The van der Waals surface area contributed by atoms with Gasteiger partial charge in [-0.25, -0.2) is 13.1 Å². The van der Waals surface area contributed by atoms with E-state index < -0.39 is 10.0 Å². The molecule has 0 atom stereocenters. The van der Waals surface area contributed by atoms with Gasteiger partial charge in [0.25, 0.3) is 0 Å². The summed E-state index contributed by atoms with van der Waals surface area (Å²) in [6.07, 6.45) is 0. The van der Waals surface area contributed by atoms with Crippen LogP contribution in [0, 0.1) is 6.92 Å². The fourth-order valence-corrected chi connectivity index (χ4v) is 3.28. The molecule has 5 heteroatoms. The van der Waals surface area contributed by atoms with Crippen LogP contribution in [0.4, 0.5) is 0 Å². The fourth-order valence-electron chi connectivity index (χ4n) is 2.01. The molecule has 4 nitrogen and oxygen atoms in total. The van der Waals surface area contributed by atoms with Crippen LogP contribution < -0.4 is 10.5 Å². The number of rotatable bonds is 5. The zero-order valence-electron chi connectivity index (χ0n) is 11.3. The van der Waals surface area contributed by atoms with Crippen molar-refractivity contribution < 1.29 is 8.42 Å². The van der Waals surface area contributed by atoms with Crippen LogP contribution in [0.5, 0.6) is 0 Å². The maximum atomic E-state index is 12.3. The lowest BCUT2D eigenvalue weighted by Gasteiger charge is -2.10. The standard InChI is InChI=1S/C15H18N2O2S/c1-12-5-4-6-13(9-12)11-17-20(18,19)15-8-3-2-7-14(15)10-16/h2-9,17H,10-11,16H2,1H3. The van der Waals surface area contributed by atoms with Crippen molar-refractivity contribution in [3.05, 3.63) is 65.2 Å². The molecule has 0 unspecified atom stereocenters. The van der Waals surface area contributed by atoms with E-state index in [2.05, 4.69) is 4.72 Å². The van der Waals surface area contributed by atoms with Gasteiger partial charge in [-0.1, -0.05) is 48.0 Å². The van der Waals surface area contributed by atoms with Gasteiger partial charge in [-0.05, 0) is 24.1 Å². The Labute approximate surface area is 119 Å². The van der Waals surface area contributed by atoms with Gasteiger partial charge in [0.15, 0.2) is 0 Å². The molecule has 0 aliphatic heterocycles. The van der Waals surface area contributed by atoms with Crippen molar-refractivity contribution >= 4 is 10.0 Å². The maximum absolute atomic E-state index is 12.3. The quantitative estimate of drug-likeness (QED) is 0.884. The number of hydrogen-bond donors (Lipinski definition) is 2. The van der Waals surface area contributed by atoms with Gasteiger partial charge in [0.05, 0.1) is 4.90 Å². The van der Waals surface area contributed by atoms with E-state index >= 15 is 0 Å². The third-order valence-corrected chi connectivity index (χ3v) is 4.53. The zero-order valence-corrected chi connectivity index (χ0v) is 12.2. The van der Waals surface area contributed by atoms with E-state index in [1.807, 2.05) is 31.2 Å². The molecular weight excluding hydrogens is 272 g/mol. The minimum atomic E-state index is -3.54. The lowest BCUT2D eigenvalue weighted by molar-refractivity contribution is 0.580. The molecule has 106 valence electrons. The first-order chi connectivity index (χ1) is 9.53. The van der Waals surface area contributed by atoms with Crippen molar-refractivity contribution in [1.82, 2.24) is 4.72 Å². The summed E-state index contributed by atoms with van der Waals surface area (Å²) in [7, 11) is -3.54. The number of nitrogens with one attached hydrogen (secondary N) is 1. The number of aryl methyl sites for hydroxylation is 1. The summed E-state index contributed by atoms with van der Waals surface area (Å²) in [4.78, 5) is 0.246. The average molecular weight is 290 g/mol. The molecule has 0 spiro atoms. The van der Waals surface area contributed by atoms with Gasteiger partial charge in [-0.2, -0.15) is 0 Å². The number of sulfonamides is 1. The summed E-state index contributed by atoms with van der Waals surface area (Å²) in [5.41, 5.74) is 8.23. The second-order valence-corrected chi connectivity index (χ2v) is 6.36. The number of hydrogen-bond acceptors (Lipinski definition) is 3. The van der Waals surface area contributed by atoms with E-state index in [1.165, 1.54) is 0 Å². The first-order valence-electron chi connectivity index (χ1n) is 6.36. The molecule has 2 aromatic rings. The van der Waals surface area contributed by atoms with Crippen molar-refractivity contribution in [2.24, 2.45) is 5.73 Å². The molecule has 0 aliphatic rings. The van der Waals surface area contributed by atoms with Crippen LogP contribution in [-0.4, -0.2) is 8.42 Å². The van der Waals surface area contributed by atoms with Crippen LogP contribution >= 0.6 is 0 Å². The molecule has 0 fully saturated rings. The SMILES string of the molecule is Cc1cccc(CNS(=O)(=O)c2ccccc2CN)c1. The summed E-state index contributed by atoms with van der Waals surface area (Å²) in [6.45, 7) is 2.44. The molecule has 0 aromatic heterocycles. The van der Waals surface area contributed by atoms with Crippen molar-refractivity contribution in [3.8, 4) is 0 Å². The number of benzene rings is 2. The van der Waals surface area contributed by atoms with E-state index in [1.54, 1.807) is 24.3 Å². The van der Waals surface area contributed by atoms with E-state index in [4.69, 9.17) is 5.73 Å². The first kappa shape index (κ1) is 14.7. The molecular formula is C15H18N2O2S. The van der Waals surface area contributed by atoms with E-state index in [0.29, 0.717) is 5.56 Å². The molecule has 0 saturated heterocycles. The summed E-state index contributed by atoms with van der Waals surface area (Å²) in [6, 6.07) is 14.5. The Morgan fingerprint density at radius 3 is 2.55 bits per heavy atom. The fraction of sp³-hybridized carbons (Fsp3) is 0.200. The molecule has 0 saturated carbocycles. The van der Waals surface area contributed by atoms with Crippen LogP contribution in [-0.2, 0) is 23.1 Å². The van der Waals surface area contributed by atoms with Crippen molar-refractivity contribution in [2.45, 2.75) is 24.9 Å². The minimum Gasteiger partial charge on any atom is -0.326 e. The van der Waals surface area contributed by atoms with E-state index in [9.17, 15) is 8.42 Å². The largest absolute Gasteiger partial charge is 0.326 e. The van der Waals surface area contributed by atoms with Crippen molar-refractivity contribution in [1.29, 1.82) is 0 Å². The summed E-state index contributed by atoms with van der Waals surface area (Å²) in [5, 5.41) is 0. The highest BCUT2D eigenvalue weighted by molar-refractivity contribution is 7.89. The zero-order chi connectivity index (χ0) is 14.6. The van der Waals surface area contributed by atoms with Gasteiger partial charge in [-0.15, -0.1) is 0 Å². The average Bonchev–Trinajstić information content (AvgIpc) is 2.45. The molecule has 2 aromatic carbocycles. The normalized spacial score (nSPS) is 11.5. The van der Waals surface area contributed by atoms with Crippen LogP contribution in [0.3, 0.4) is 0 Å². The Kier molecular flexibility index (Phi) is 4.54. The predicted molar refractivity (Wildman–Crippen MR) is 79.5 cm³/mol. The minimum absolute atomic E-state index is 0.196. The third-order valence-electron chi connectivity index (χ3n) is 3.03. The molecule has 3 N–H and O–H groups in total. The van der Waals surface area contributed by atoms with Gasteiger partial charge in [-0.3, -0.25) is 0 Å². The Morgan fingerprint density at radius 2 is 1.85 bits per heavy atom. The van der Waals surface area contributed by atoms with Crippen LogP contribution in [0.1, 0.15) is 16.7 Å². The summed E-state index contributed by atoms with van der Waals surface area (Å²) >= 11 is 0. The number of nitrogens with two attached hydrogens (primary N) is 1. The molecule has 0 amide bonds. The molecule has 0 heterocycles. The third kappa shape index (κ3) is 3.45.